The quantitative estimate of drug-likeness (QED) is 0.749. The van der Waals surface area contributed by atoms with Gasteiger partial charge in [-0.15, -0.1) is 0 Å². The van der Waals surface area contributed by atoms with Crippen LogP contribution < -0.4 is 5.32 Å². The van der Waals surface area contributed by atoms with Gasteiger partial charge in [0.25, 0.3) is 0 Å². The minimum atomic E-state index is -4.25. The van der Waals surface area contributed by atoms with E-state index >= 15 is 0 Å². The molecule has 1 N–H and O–H groups in total. The second kappa shape index (κ2) is 5.16. The van der Waals surface area contributed by atoms with Crippen LogP contribution >= 0.6 is 0 Å². The lowest BCUT2D eigenvalue weighted by Gasteiger charge is -2.22. The zero-order chi connectivity index (χ0) is 11.5. The summed E-state index contributed by atoms with van der Waals surface area (Å²) in [6.07, 6.45) is -3.72. The summed E-state index contributed by atoms with van der Waals surface area (Å²) in [5.41, 5.74) is 0. The number of hydrogen-bond donors (Lipinski definition) is 1. The molecule has 1 aliphatic carbocycles. The highest BCUT2D eigenvalue weighted by Gasteiger charge is 2.38. The predicted octanol–water partition coefficient (Wildman–Crippen LogP) is 2.34. The summed E-state index contributed by atoms with van der Waals surface area (Å²) in [5, 5.41) is 3.16. The van der Waals surface area contributed by atoms with Gasteiger partial charge in [-0.2, -0.15) is 13.2 Å². The molecule has 1 saturated carbocycles. The average molecular weight is 225 g/mol. The minimum absolute atomic E-state index is 0.0831. The van der Waals surface area contributed by atoms with Gasteiger partial charge in [-0.1, -0.05) is 6.92 Å². The maximum absolute atomic E-state index is 12.2. The molecule has 2 unspecified atom stereocenters. The van der Waals surface area contributed by atoms with E-state index < -0.39 is 12.3 Å². The normalized spacial score (nSPS) is 21.4. The number of halogens is 3. The van der Waals surface area contributed by atoms with Crippen molar-refractivity contribution in [2.24, 2.45) is 5.92 Å². The Morgan fingerprint density at radius 3 is 2.40 bits per heavy atom. The van der Waals surface area contributed by atoms with Crippen molar-refractivity contribution in [2.45, 2.75) is 45.0 Å². The van der Waals surface area contributed by atoms with Crippen LogP contribution in [0.25, 0.3) is 0 Å². The van der Waals surface area contributed by atoms with Gasteiger partial charge >= 0.3 is 6.18 Å². The molecule has 2 nitrogen and oxygen atoms in total. The monoisotopic (exact) mass is 225 g/mol. The fraction of sp³-hybridized carbons (Fsp3) is 1.00. The first-order chi connectivity index (χ1) is 6.95. The number of ether oxygens (including phenoxy) is 1. The van der Waals surface area contributed by atoms with Crippen molar-refractivity contribution in [3.63, 3.8) is 0 Å². The van der Waals surface area contributed by atoms with Crippen LogP contribution in [0.4, 0.5) is 13.2 Å². The van der Waals surface area contributed by atoms with Gasteiger partial charge in [0.1, 0.15) is 0 Å². The standard InChI is InChI=1S/C10H18F3NO/c1-3-14-9(8-4-5-8)6-15-7(2)10(11,12)13/h7-9,14H,3-6H2,1-2H3. The van der Waals surface area contributed by atoms with E-state index in [0.29, 0.717) is 5.92 Å². The van der Waals surface area contributed by atoms with Gasteiger partial charge in [0.05, 0.1) is 6.61 Å². The fourth-order valence-corrected chi connectivity index (χ4v) is 1.46. The number of alkyl halides is 3. The molecule has 0 aliphatic heterocycles. The van der Waals surface area contributed by atoms with Gasteiger partial charge in [-0.3, -0.25) is 0 Å². The molecule has 15 heavy (non-hydrogen) atoms. The second-order valence-corrected chi connectivity index (χ2v) is 4.02. The van der Waals surface area contributed by atoms with Crippen LogP contribution in [0.5, 0.6) is 0 Å². The number of hydrogen-bond acceptors (Lipinski definition) is 2. The Kier molecular flexibility index (Phi) is 4.40. The molecule has 0 saturated heterocycles. The van der Waals surface area contributed by atoms with Crippen molar-refractivity contribution in [3.05, 3.63) is 0 Å². The molecule has 2 atom stereocenters. The highest BCUT2D eigenvalue weighted by molar-refractivity contribution is 4.86. The minimum Gasteiger partial charge on any atom is -0.367 e. The van der Waals surface area contributed by atoms with Crippen molar-refractivity contribution in [1.29, 1.82) is 0 Å². The van der Waals surface area contributed by atoms with E-state index in [-0.39, 0.29) is 12.6 Å². The van der Waals surface area contributed by atoms with Gasteiger partial charge in [0, 0.05) is 6.04 Å². The van der Waals surface area contributed by atoms with Crippen molar-refractivity contribution >= 4 is 0 Å². The van der Waals surface area contributed by atoms with E-state index in [2.05, 4.69) is 5.32 Å². The maximum Gasteiger partial charge on any atom is 0.414 e. The van der Waals surface area contributed by atoms with Crippen LogP contribution in [0, 0.1) is 5.92 Å². The van der Waals surface area contributed by atoms with Crippen LogP contribution in [0.3, 0.4) is 0 Å². The van der Waals surface area contributed by atoms with Gasteiger partial charge in [0.2, 0.25) is 0 Å². The Bertz CT molecular complexity index is 192. The molecule has 0 aromatic heterocycles. The first-order valence-electron chi connectivity index (χ1n) is 5.36. The van der Waals surface area contributed by atoms with Gasteiger partial charge in [-0.05, 0) is 32.2 Å². The van der Waals surface area contributed by atoms with Crippen molar-refractivity contribution in [2.75, 3.05) is 13.2 Å². The smallest absolute Gasteiger partial charge is 0.367 e. The van der Waals surface area contributed by atoms with E-state index in [1.165, 1.54) is 0 Å². The van der Waals surface area contributed by atoms with Gasteiger partial charge < -0.3 is 10.1 Å². The van der Waals surface area contributed by atoms with Crippen LogP contribution in [0.15, 0.2) is 0 Å². The van der Waals surface area contributed by atoms with Crippen LogP contribution in [-0.2, 0) is 4.74 Å². The number of likely N-dealkylation sites (N-methyl/N-ethyl adjacent to an activating group) is 1. The third-order valence-corrected chi connectivity index (χ3v) is 2.64. The lowest BCUT2D eigenvalue weighted by atomic mass is 10.2. The zero-order valence-electron chi connectivity index (χ0n) is 9.10. The molecule has 1 fully saturated rings. The molecule has 5 heteroatoms. The molecule has 0 heterocycles. The molecule has 1 rings (SSSR count). The van der Waals surface area contributed by atoms with E-state index in [9.17, 15) is 13.2 Å². The summed E-state index contributed by atoms with van der Waals surface area (Å²) in [7, 11) is 0. The summed E-state index contributed by atoms with van der Waals surface area (Å²) in [6.45, 7) is 3.92. The van der Waals surface area contributed by atoms with Gasteiger partial charge in [-0.25, -0.2) is 0 Å². The first-order valence-corrected chi connectivity index (χ1v) is 5.36. The molecule has 0 aromatic rings. The third-order valence-electron chi connectivity index (χ3n) is 2.64. The topological polar surface area (TPSA) is 21.3 Å². The Morgan fingerprint density at radius 1 is 1.40 bits per heavy atom. The van der Waals surface area contributed by atoms with E-state index in [1.807, 2.05) is 6.92 Å². The predicted molar refractivity (Wildman–Crippen MR) is 51.7 cm³/mol. The molecule has 1 aliphatic rings. The molecule has 0 spiro atoms. The zero-order valence-corrected chi connectivity index (χ0v) is 9.10. The molecule has 90 valence electrons. The molecular weight excluding hydrogens is 207 g/mol. The Balaban J connectivity index is 2.26. The lowest BCUT2D eigenvalue weighted by Crippen LogP contribution is -2.39. The molecule has 0 amide bonds. The summed E-state index contributed by atoms with van der Waals surface area (Å²) >= 11 is 0. The number of rotatable bonds is 6. The summed E-state index contributed by atoms with van der Waals surface area (Å²) < 4.78 is 41.3. The molecule has 0 radical (unpaired) electrons. The SMILES string of the molecule is CCNC(COC(C)C(F)(F)F)C1CC1. The summed E-state index contributed by atoms with van der Waals surface area (Å²) in [4.78, 5) is 0. The Labute approximate surface area is 88.2 Å². The first kappa shape index (κ1) is 12.8. The lowest BCUT2D eigenvalue weighted by molar-refractivity contribution is -0.215. The third kappa shape index (κ3) is 4.38. The van der Waals surface area contributed by atoms with E-state index in [4.69, 9.17) is 4.74 Å². The maximum atomic E-state index is 12.2. The molecular formula is C10H18F3NO. The molecule has 0 bridgehead atoms. The van der Waals surface area contributed by atoms with Gasteiger partial charge in [0.15, 0.2) is 6.10 Å². The second-order valence-electron chi connectivity index (χ2n) is 4.02. The fourth-order valence-electron chi connectivity index (χ4n) is 1.46. The van der Waals surface area contributed by atoms with Crippen molar-refractivity contribution in [1.82, 2.24) is 5.32 Å². The highest BCUT2D eigenvalue weighted by Crippen LogP contribution is 2.33. The van der Waals surface area contributed by atoms with Crippen LogP contribution in [-0.4, -0.2) is 31.5 Å². The van der Waals surface area contributed by atoms with Crippen LogP contribution in [0.1, 0.15) is 26.7 Å². The summed E-state index contributed by atoms with van der Waals surface area (Å²) in [6, 6.07) is 0.0831. The Morgan fingerprint density at radius 2 is 2.00 bits per heavy atom. The number of nitrogens with one attached hydrogen (secondary N) is 1. The van der Waals surface area contributed by atoms with Crippen LogP contribution in [0.2, 0.25) is 0 Å². The summed E-state index contributed by atoms with van der Waals surface area (Å²) in [5.74, 6) is 0.505. The van der Waals surface area contributed by atoms with E-state index in [1.54, 1.807) is 0 Å². The van der Waals surface area contributed by atoms with Crippen molar-refractivity contribution < 1.29 is 17.9 Å². The largest absolute Gasteiger partial charge is 0.414 e. The average Bonchev–Trinajstić information content (AvgIpc) is 2.93. The van der Waals surface area contributed by atoms with Crippen molar-refractivity contribution in [3.8, 4) is 0 Å². The molecule has 0 aromatic carbocycles. The Hall–Kier alpha value is -0.290. The van der Waals surface area contributed by atoms with E-state index in [0.717, 1.165) is 26.3 Å². The highest BCUT2D eigenvalue weighted by atomic mass is 19.4.